The van der Waals surface area contributed by atoms with Crippen LogP contribution in [0.5, 0.6) is 0 Å². The van der Waals surface area contributed by atoms with E-state index in [1.807, 2.05) is 19.1 Å². The van der Waals surface area contributed by atoms with Crippen molar-refractivity contribution in [3.63, 3.8) is 0 Å². The third kappa shape index (κ3) is 3.18. The summed E-state index contributed by atoms with van der Waals surface area (Å²) in [7, 11) is 0. The summed E-state index contributed by atoms with van der Waals surface area (Å²) in [5, 5.41) is 3.55. The van der Waals surface area contributed by atoms with Crippen LogP contribution in [0.3, 0.4) is 0 Å². The molecular formula is C12H9F3N2O2. The van der Waals surface area contributed by atoms with Crippen molar-refractivity contribution < 1.29 is 22.5 Å². The lowest BCUT2D eigenvalue weighted by Gasteiger charge is -2.00. The number of carbonyl (C=O) groups is 1. The Labute approximate surface area is 106 Å². The lowest BCUT2D eigenvalue weighted by atomic mass is 10.1. The number of nitrogens with zero attached hydrogens (tertiary/aromatic N) is 2. The number of ketones is 1. The molecule has 0 aliphatic rings. The van der Waals surface area contributed by atoms with E-state index in [-0.39, 0.29) is 11.7 Å². The van der Waals surface area contributed by atoms with Gasteiger partial charge in [-0.2, -0.15) is 18.2 Å². The van der Waals surface area contributed by atoms with Crippen molar-refractivity contribution in [1.82, 2.24) is 10.1 Å². The number of Topliss-reactive ketones (excluding diaryl/α,β-unsaturated/α-hetero) is 1. The van der Waals surface area contributed by atoms with Gasteiger partial charge in [-0.15, -0.1) is 0 Å². The average molecular weight is 270 g/mol. The number of rotatable bonds is 3. The summed E-state index contributed by atoms with van der Waals surface area (Å²) in [6.45, 7) is 1.90. The van der Waals surface area contributed by atoms with Gasteiger partial charge < -0.3 is 4.52 Å². The van der Waals surface area contributed by atoms with Crippen molar-refractivity contribution in [2.75, 3.05) is 0 Å². The van der Waals surface area contributed by atoms with Crippen LogP contribution in [0.2, 0.25) is 0 Å². The fraction of sp³-hybridized carbons (Fsp3) is 0.250. The van der Waals surface area contributed by atoms with Gasteiger partial charge in [-0.1, -0.05) is 35.0 Å². The zero-order chi connectivity index (χ0) is 14.0. The van der Waals surface area contributed by atoms with Crippen molar-refractivity contribution in [3.8, 4) is 11.4 Å². The Kier molecular flexibility index (Phi) is 3.37. The zero-order valence-electron chi connectivity index (χ0n) is 9.86. The summed E-state index contributed by atoms with van der Waals surface area (Å²) < 4.78 is 40.8. The lowest BCUT2D eigenvalue weighted by molar-refractivity contribution is -0.170. The molecule has 2 rings (SSSR count). The number of aromatic nitrogens is 2. The van der Waals surface area contributed by atoms with Crippen LogP contribution >= 0.6 is 0 Å². The number of halogens is 3. The van der Waals surface area contributed by atoms with Crippen LogP contribution in [0.1, 0.15) is 11.5 Å². The van der Waals surface area contributed by atoms with Crippen molar-refractivity contribution in [1.29, 1.82) is 0 Å². The van der Waals surface area contributed by atoms with Gasteiger partial charge >= 0.3 is 6.18 Å². The van der Waals surface area contributed by atoms with E-state index < -0.39 is 18.4 Å². The Hall–Kier alpha value is -2.18. The van der Waals surface area contributed by atoms with E-state index in [2.05, 4.69) is 14.7 Å². The van der Waals surface area contributed by atoms with Crippen LogP contribution in [0.15, 0.2) is 28.8 Å². The second-order valence-corrected chi connectivity index (χ2v) is 3.98. The minimum absolute atomic E-state index is 0.157. The Morgan fingerprint density at radius 3 is 2.47 bits per heavy atom. The maximum atomic E-state index is 12.1. The standard InChI is InChI=1S/C12H9F3N2O2/c1-7-2-4-8(5-3-7)11-16-10(19-17-11)6-9(18)12(13,14)15/h2-5H,6H2,1H3. The van der Waals surface area contributed by atoms with E-state index in [1.165, 1.54) is 0 Å². The Morgan fingerprint density at radius 2 is 1.89 bits per heavy atom. The van der Waals surface area contributed by atoms with Crippen molar-refractivity contribution in [3.05, 3.63) is 35.7 Å². The van der Waals surface area contributed by atoms with Crippen molar-refractivity contribution in [2.24, 2.45) is 0 Å². The summed E-state index contributed by atoms with van der Waals surface area (Å²) in [6, 6.07) is 7.06. The summed E-state index contributed by atoms with van der Waals surface area (Å²) in [5.74, 6) is -2.10. The second-order valence-electron chi connectivity index (χ2n) is 3.98. The van der Waals surface area contributed by atoms with Gasteiger partial charge in [0.05, 0.1) is 6.42 Å². The maximum absolute atomic E-state index is 12.1. The van der Waals surface area contributed by atoms with Gasteiger partial charge in [-0.25, -0.2) is 0 Å². The Bertz CT molecular complexity index is 588. The molecule has 0 atom stereocenters. The number of hydrogen-bond acceptors (Lipinski definition) is 4. The van der Waals surface area contributed by atoms with Crippen LogP contribution in [-0.4, -0.2) is 22.1 Å². The molecule has 100 valence electrons. The highest BCUT2D eigenvalue weighted by Crippen LogP contribution is 2.20. The third-order valence-electron chi connectivity index (χ3n) is 2.41. The monoisotopic (exact) mass is 270 g/mol. The zero-order valence-corrected chi connectivity index (χ0v) is 9.86. The molecule has 7 heteroatoms. The molecule has 0 spiro atoms. The number of aryl methyl sites for hydroxylation is 1. The highest BCUT2D eigenvalue weighted by molar-refractivity contribution is 5.85. The van der Waals surface area contributed by atoms with Crippen LogP contribution < -0.4 is 0 Å². The molecule has 0 N–H and O–H groups in total. The van der Waals surface area contributed by atoms with E-state index in [1.54, 1.807) is 12.1 Å². The molecule has 0 saturated carbocycles. The third-order valence-corrected chi connectivity index (χ3v) is 2.41. The molecule has 0 saturated heterocycles. The number of hydrogen-bond donors (Lipinski definition) is 0. The van der Waals surface area contributed by atoms with E-state index in [0.717, 1.165) is 5.56 Å². The quantitative estimate of drug-likeness (QED) is 0.860. The smallest absolute Gasteiger partial charge is 0.338 e. The van der Waals surface area contributed by atoms with Crippen LogP contribution in [0.4, 0.5) is 13.2 Å². The number of benzene rings is 1. The minimum atomic E-state index is -4.89. The lowest BCUT2D eigenvalue weighted by Crippen LogP contribution is -2.24. The number of alkyl halides is 3. The summed E-state index contributed by atoms with van der Waals surface area (Å²) >= 11 is 0. The molecule has 0 unspecified atom stereocenters. The van der Waals surface area contributed by atoms with E-state index in [9.17, 15) is 18.0 Å². The minimum Gasteiger partial charge on any atom is -0.338 e. The fourth-order valence-electron chi connectivity index (χ4n) is 1.38. The first-order chi connectivity index (χ1) is 8.86. The van der Waals surface area contributed by atoms with Gasteiger partial charge in [-0.05, 0) is 6.92 Å². The van der Waals surface area contributed by atoms with Crippen molar-refractivity contribution in [2.45, 2.75) is 19.5 Å². The average Bonchev–Trinajstić information content (AvgIpc) is 2.77. The van der Waals surface area contributed by atoms with Gasteiger partial charge in [0.25, 0.3) is 0 Å². The molecule has 19 heavy (non-hydrogen) atoms. The number of carbonyl (C=O) groups excluding carboxylic acids is 1. The van der Waals surface area contributed by atoms with E-state index >= 15 is 0 Å². The summed E-state index contributed by atoms with van der Waals surface area (Å²) in [5.41, 5.74) is 1.64. The topological polar surface area (TPSA) is 56.0 Å². The molecule has 1 aromatic carbocycles. The first-order valence-corrected chi connectivity index (χ1v) is 5.36. The predicted molar refractivity (Wildman–Crippen MR) is 59.2 cm³/mol. The molecular weight excluding hydrogens is 261 g/mol. The van der Waals surface area contributed by atoms with Gasteiger partial charge in [-0.3, -0.25) is 4.79 Å². The van der Waals surface area contributed by atoms with Gasteiger partial charge in [0.2, 0.25) is 17.5 Å². The molecule has 0 radical (unpaired) electrons. The van der Waals surface area contributed by atoms with Crippen LogP contribution in [-0.2, 0) is 11.2 Å². The Balaban J connectivity index is 2.16. The first kappa shape index (κ1) is 13.3. The molecule has 4 nitrogen and oxygen atoms in total. The predicted octanol–water partition coefficient (Wildman–Crippen LogP) is 2.72. The van der Waals surface area contributed by atoms with Gasteiger partial charge in [0.1, 0.15) is 0 Å². The normalized spacial score (nSPS) is 11.6. The SMILES string of the molecule is Cc1ccc(-c2noc(CC(=O)C(F)(F)F)n2)cc1. The largest absolute Gasteiger partial charge is 0.450 e. The fourth-order valence-corrected chi connectivity index (χ4v) is 1.38. The molecule has 2 aromatic rings. The first-order valence-electron chi connectivity index (χ1n) is 5.36. The second kappa shape index (κ2) is 4.83. The highest BCUT2D eigenvalue weighted by Gasteiger charge is 2.39. The molecule has 1 aromatic heterocycles. The molecule has 0 amide bonds. The van der Waals surface area contributed by atoms with Gasteiger partial charge in [0, 0.05) is 5.56 Å². The van der Waals surface area contributed by atoms with Crippen molar-refractivity contribution >= 4 is 5.78 Å². The molecule has 0 fully saturated rings. The molecule has 0 aliphatic heterocycles. The van der Waals surface area contributed by atoms with E-state index in [4.69, 9.17) is 0 Å². The molecule has 1 heterocycles. The van der Waals surface area contributed by atoms with E-state index in [0.29, 0.717) is 5.56 Å². The van der Waals surface area contributed by atoms with Gasteiger partial charge in [0.15, 0.2) is 0 Å². The molecule has 0 aliphatic carbocycles. The van der Waals surface area contributed by atoms with Crippen LogP contribution in [0, 0.1) is 6.92 Å². The summed E-state index contributed by atoms with van der Waals surface area (Å²) in [4.78, 5) is 14.5. The molecule has 0 bridgehead atoms. The van der Waals surface area contributed by atoms with Crippen LogP contribution in [0.25, 0.3) is 11.4 Å². The highest BCUT2D eigenvalue weighted by atomic mass is 19.4. The maximum Gasteiger partial charge on any atom is 0.450 e. The summed E-state index contributed by atoms with van der Waals surface area (Å²) in [6.07, 6.45) is -5.83. The Morgan fingerprint density at radius 1 is 1.26 bits per heavy atom.